The van der Waals surface area contributed by atoms with Crippen LogP contribution in [0.5, 0.6) is 0 Å². The van der Waals surface area contributed by atoms with Gasteiger partial charge in [0.2, 0.25) is 5.91 Å². The fraction of sp³-hybridized carbons (Fsp3) is 0.300. The second kappa shape index (κ2) is 5.06. The van der Waals surface area contributed by atoms with Crippen LogP contribution in [0, 0.1) is 5.92 Å². The van der Waals surface area contributed by atoms with E-state index in [4.69, 9.17) is 34.8 Å². The van der Waals surface area contributed by atoms with Gasteiger partial charge in [0.25, 0.3) is 0 Å². The van der Waals surface area contributed by atoms with E-state index in [1.54, 1.807) is 13.8 Å². The minimum atomic E-state index is -0.138. The highest BCUT2D eigenvalue weighted by Crippen LogP contribution is 2.33. The summed E-state index contributed by atoms with van der Waals surface area (Å²) in [5.74, 6) is -0.270. The van der Waals surface area contributed by atoms with Crippen LogP contribution in [-0.2, 0) is 4.79 Å². The van der Waals surface area contributed by atoms with Crippen LogP contribution in [0.2, 0.25) is 15.1 Å². The predicted octanol–water partition coefficient (Wildman–Crippen LogP) is 4.24. The Morgan fingerprint density at radius 3 is 2.07 bits per heavy atom. The Labute approximate surface area is 104 Å². The molecule has 15 heavy (non-hydrogen) atoms. The lowest BCUT2D eigenvalue weighted by Gasteiger charge is -2.11. The van der Waals surface area contributed by atoms with Crippen LogP contribution in [0.4, 0.5) is 5.69 Å². The van der Waals surface area contributed by atoms with Gasteiger partial charge >= 0.3 is 0 Å². The minimum Gasteiger partial charge on any atom is -0.323 e. The van der Waals surface area contributed by atoms with Crippen LogP contribution < -0.4 is 5.32 Å². The largest absolute Gasteiger partial charge is 0.323 e. The molecule has 1 aromatic rings. The topological polar surface area (TPSA) is 29.1 Å². The molecule has 5 heteroatoms. The molecule has 0 aliphatic heterocycles. The van der Waals surface area contributed by atoms with Crippen molar-refractivity contribution >= 4 is 46.4 Å². The monoisotopic (exact) mass is 265 g/mol. The standard InChI is InChI=1S/C10H10Cl3NO/c1-5(2)10(15)14-9-7(12)3-6(11)4-8(9)13/h3-5H,1-2H3,(H,14,15). The molecule has 0 atom stereocenters. The lowest BCUT2D eigenvalue weighted by atomic mass is 10.2. The first-order valence-electron chi connectivity index (χ1n) is 4.37. The van der Waals surface area contributed by atoms with E-state index < -0.39 is 0 Å². The smallest absolute Gasteiger partial charge is 0.227 e. The fourth-order valence-corrected chi connectivity index (χ4v) is 1.84. The van der Waals surface area contributed by atoms with Crippen molar-refractivity contribution in [3.63, 3.8) is 0 Å². The van der Waals surface area contributed by atoms with E-state index in [1.807, 2.05) is 0 Å². The molecular formula is C10H10Cl3NO. The first-order chi connectivity index (χ1) is 6.91. The summed E-state index contributed by atoms with van der Waals surface area (Å²) in [6, 6.07) is 3.07. The van der Waals surface area contributed by atoms with Gasteiger partial charge in [-0.25, -0.2) is 0 Å². The van der Waals surface area contributed by atoms with E-state index in [1.165, 1.54) is 12.1 Å². The Morgan fingerprint density at radius 1 is 1.20 bits per heavy atom. The van der Waals surface area contributed by atoms with Gasteiger partial charge < -0.3 is 5.32 Å². The lowest BCUT2D eigenvalue weighted by Crippen LogP contribution is -2.18. The average Bonchev–Trinajstić information content (AvgIpc) is 2.10. The number of amides is 1. The summed E-state index contributed by atoms with van der Waals surface area (Å²) in [5.41, 5.74) is 0.404. The highest BCUT2D eigenvalue weighted by Gasteiger charge is 2.13. The number of anilines is 1. The van der Waals surface area contributed by atoms with Crippen LogP contribution in [0.1, 0.15) is 13.8 Å². The van der Waals surface area contributed by atoms with Crippen LogP contribution in [0.15, 0.2) is 12.1 Å². The molecule has 0 radical (unpaired) electrons. The molecule has 0 aliphatic carbocycles. The Bertz CT molecular complexity index is 367. The number of benzene rings is 1. The van der Waals surface area contributed by atoms with Crippen LogP contribution in [0.25, 0.3) is 0 Å². The van der Waals surface area contributed by atoms with Crippen molar-refractivity contribution < 1.29 is 4.79 Å². The third-order valence-electron chi connectivity index (χ3n) is 1.78. The third-order valence-corrected chi connectivity index (χ3v) is 2.59. The second-order valence-electron chi connectivity index (χ2n) is 3.39. The van der Waals surface area contributed by atoms with Crippen molar-refractivity contribution in [1.82, 2.24) is 0 Å². The molecule has 0 unspecified atom stereocenters. The highest BCUT2D eigenvalue weighted by atomic mass is 35.5. The zero-order chi connectivity index (χ0) is 11.6. The van der Waals surface area contributed by atoms with Gasteiger partial charge in [0.1, 0.15) is 0 Å². The zero-order valence-corrected chi connectivity index (χ0v) is 10.5. The Kier molecular flexibility index (Phi) is 4.26. The van der Waals surface area contributed by atoms with Gasteiger partial charge in [-0.1, -0.05) is 48.7 Å². The van der Waals surface area contributed by atoms with Gasteiger partial charge in [-0.3, -0.25) is 4.79 Å². The maximum atomic E-state index is 11.4. The molecule has 0 fully saturated rings. The number of carbonyl (C=O) groups excluding carboxylic acids is 1. The van der Waals surface area contributed by atoms with Crippen molar-refractivity contribution in [3.8, 4) is 0 Å². The molecule has 0 bridgehead atoms. The maximum Gasteiger partial charge on any atom is 0.227 e. The summed E-state index contributed by atoms with van der Waals surface area (Å²) >= 11 is 17.5. The van der Waals surface area contributed by atoms with Crippen molar-refractivity contribution in [3.05, 3.63) is 27.2 Å². The van der Waals surface area contributed by atoms with Gasteiger partial charge in [-0.15, -0.1) is 0 Å². The quantitative estimate of drug-likeness (QED) is 0.852. The fourth-order valence-electron chi connectivity index (χ4n) is 0.929. The number of carbonyl (C=O) groups is 1. The third kappa shape index (κ3) is 3.26. The maximum absolute atomic E-state index is 11.4. The van der Waals surface area contributed by atoms with Gasteiger partial charge in [-0.2, -0.15) is 0 Å². The highest BCUT2D eigenvalue weighted by molar-refractivity contribution is 6.42. The molecule has 1 amide bonds. The molecule has 0 saturated carbocycles. The zero-order valence-electron chi connectivity index (χ0n) is 8.27. The summed E-state index contributed by atoms with van der Waals surface area (Å²) in [5, 5.41) is 3.75. The van der Waals surface area contributed by atoms with Crippen molar-refractivity contribution in [2.45, 2.75) is 13.8 Å². The Balaban J connectivity index is 3.00. The predicted molar refractivity (Wildman–Crippen MR) is 64.9 cm³/mol. The molecule has 0 spiro atoms. The molecule has 0 heterocycles. The number of hydrogen-bond donors (Lipinski definition) is 1. The summed E-state index contributed by atoms with van der Waals surface area (Å²) < 4.78 is 0. The van der Waals surface area contributed by atoms with Crippen molar-refractivity contribution in [2.75, 3.05) is 5.32 Å². The number of halogens is 3. The van der Waals surface area contributed by atoms with E-state index >= 15 is 0 Å². The molecule has 1 aromatic carbocycles. The van der Waals surface area contributed by atoms with E-state index in [0.29, 0.717) is 20.8 Å². The number of rotatable bonds is 2. The summed E-state index contributed by atoms with van der Waals surface area (Å²) in [6.07, 6.45) is 0. The summed E-state index contributed by atoms with van der Waals surface area (Å²) in [4.78, 5) is 11.4. The van der Waals surface area contributed by atoms with Gasteiger partial charge in [0, 0.05) is 10.9 Å². The van der Waals surface area contributed by atoms with Gasteiger partial charge in [0.05, 0.1) is 15.7 Å². The Morgan fingerprint density at radius 2 is 1.67 bits per heavy atom. The Hall–Kier alpha value is -0.440. The van der Waals surface area contributed by atoms with Crippen LogP contribution >= 0.6 is 34.8 Å². The lowest BCUT2D eigenvalue weighted by molar-refractivity contribution is -0.118. The van der Waals surface area contributed by atoms with Crippen molar-refractivity contribution in [2.24, 2.45) is 5.92 Å². The number of hydrogen-bond acceptors (Lipinski definition) is 1. The van der Waals surface area contributed by atoms with Crippen LogP contribution in [-0.4, -0.2) is 5.91 Å². The molecule has 1 rings (SSSR count). The normalized spacial score (nSPS) is 10.5. The van der Waals surface area contributed by atoms with E-state index in [9.17, 15) is 4.79 Å². The molecular weight excluding hydrogens is 256 g/mol. The van der Waals surface area contributed by atoms with E-state index in [0.717, 1.165) is 0 Å². The number of nitrogens with one attached hydrogen (secondary N) is 1. The molecule has 2 nitrogen and oxygen atoms in total. The molecule has 0 aliphatic rings. The summed E-state index contributed by atoms with van der Waals surface area (Å²) in [6.45, 7) is 3.57. The molecule has 0 aromatic heterocycles. The van der Waals surface area contributed by atoms with Gasteiger partial charge in [-0.05, 0) is 12.1 Å². The first kappa shape index (κ1) is 12.6. The minimum absolute atomic E-state index is 0.132. The molecule has 82 valence electrons. The molecule has 1 N–H and O–H groups in total. The van der Waals surface area contributed by atoms with Crippen molar-refractivity contribution in [1.29, 1.82) is 0 Å². The summed E-state index contributed by atoms with van der Waals surface area (Å²) in [7, 11) is 0. The average molecular weight is 267 g/mol. The van der Waals surface area contributed by atoms with E-state index in [-0.39, 0.29) is 11.8 Å². The first-order valence-corrected chi connectivity index (χ1v) is 5.50. The van der Waals surface area contributed by atoms with E-state index in [2.05, 4.69) is 5.32 Å². The molecule has 0 saturated heterocycles. The van der Waals surface area contributed by atoms with Gasteiger partial charge in [0.15, 0.2) is 0 Å². The second-order valence-corrected chi connectivity index (χ2v) is 4.64. The SMILES string of the molecule is CC(C)C(=O)Nc1c(Cl)cc(Cl)cc1Cl. The van der Waals surface area contributed by atoms with Crippen LogP contribution in [0.3, 0.4) is 0 Å².